The number of thioether (sulfide) groups is 1. The molecule has 1 aromatic heterocycles. The Kier molecular flexibility index (Phi) is 6.61. The molecule has 9 heteroatoms. The van der Waals surface area contributed by atoms with Gasteiger partial charge in [-0.3, -0.25) is 9.69 Å². The maximum Gasteiger partial charge on any atom is 0.266 e. The first kappa shape index (κ1) is 24.3. The molecule has 190 valence electrons. The Morgan fingerprint density at radius 1 is 1.05 bits per heavy atom. The third kappa shape index (κ3) is 4.78. The van der Waals surface area contributed by atoms with Gasteiger partial charge in [-0.2, -0.15) is 5.10 Å². The van der Waals surface area contributed by atoms with Crippen LogP contribution in [0.15, 0.2) is 83.9 Å². The van der Waals surface area contributed by atoms with Crippen LogP contribution in [0.4, 0.5) is 0 Å². The Morgan fingerprint density at radius 2 is 1.84 bits per heavy atom. The SMILES string of the molecule is CCOc1ccc(-c2nn(-c3ccccc3)cc2/C=C2\SC(=S)N(Cc3ccc4c(c3)OCO4)C2=O)cc1. The van der Waals surface area contributed by atoms with E-state index in [4.69, 9.17) is 31.5 Å². The Bertz CT molecular complexity index is 1550. The zero-order valence-corrected chi connectivity index (χ0v) is 22.1. The van der Waals surface area contributed by atoms with E-state index >= 15 is 0 Å². The molecule has 0 unspecified atom stereocenters. The fraction of sp³-hybridized carbons (Fsp3) is 0.138. The van der Waals surface area contributed by atoms with Crippen LogP contribution >= 0.6 is 24.0 Å². The van der Waals surface area contributed by atoms with Gasteiger partial charge >= 0.3 is 0 Å². The molecule has 0 saturated carbocycles. The molecule has 1 saturated heterocycles. The highest BCUT2D eigenvalue weighted by Gasteiger charge is 2.33. The van der Waals surface area contributed by atoms with Gasteiger partial charge in [0.05, 0.1) is 29.4 Å². The summed E-state index contributed by atoms with van der Waals surface area (Å²) in [4.78, 5) is 15.6. The number of ether oxygens (including phenoxy) is 3. The number of carbonyl (C=O) groups is 1. The monoisotopic (exact) mass is 541 g/mol. The van der Waals surface area contributed by atoms with Gasteiger partial charge in [0.1, 0.15) is 10.1 Å². The molecule has 0 atom stereocenters. The summed E-state index contributed by atoms with van der Waals surface area (Å²) in [6.45, 7) is 3.11. The molecule has 0 radical (unpaired) electrons. The lowest BCUT2D eigenvalue weighted by molar-refractivity contribution is -0.122. The molecule has 3 aromatic carbocycles. The number of fused-ring (bicyclic) bond motifs is 1. The first-order valence-electron chi connectivity index (χ1n) is 12.1. The van der Waals surface area contributed by atoms with Crippen LogP contribution in [0, 0.1) is 0 Å². The molecule has 7 nitrogen and oxygen atoms in total. The molecule has 1 amide bonds. The molecular formula is C29H23N3O4S2. The average molecular weight is 542 g/mol. The Labute approximate surface area is 229 Å². The molecule has 6 rings (SSSR count). The normalized spacial score (nSPS) is 15.5. The molecule has 2 aliphatic rings. The van der Waals surface area contributed by atoms with Crippen molar-refractivity contribution < 1.29 is 19.0 Å². The van der Waals surface area contributed by atoms with Crippen molar-refractivity contribution in [3.05, 3.63) is 95.0 Å². The van der Waals surface area contributed by atoms with Crippen molar-refractivity contribution in [2.45, 2.75) is 13.5 Å². The van der Waals surface area contributed by atoms with Crippen molar-refractivity contribution in [3.8, 4) is 34.2 Å². The molecule has 2 aliphatic heterocycles. The van der Waals surface area contributed by atoms with E-state index in [-0.39, 0.29) is 12.7 Å². The van der Waals surface area contributed by atoms with Crippen molar-refractivity contribution in [1.29, 1.82) is 0 Å². The zero-order chi connectivity index (χ0) is 26.1. The van der Waals surface area contributed by atoms with Crippen molar-refractivity contribution in [2.24, 2.45) is 0 Å². The molecular weight excluding hydrogens is 518 g/mol. The molecule has 1 fully saturated rings. The minimum absolute atomic E-state index is 0.136. The van der Waals surface area contributed by atoms with E-state index in [1.807, 2.05) is 96.7 Å². The molecule has 4 aromatic rings. The smallest absolute Gasteiger partial charge is 0.266 e. The number of thiocarbonyl (C=S) groups is 1. The third-order valence-electron chi connectivity index (χ3n) is 6.14. The highest BCUT2D eigenvalue weighted by Crippen LogP contribution is 2.37. The number of hydrogen-bond acceptors (Lipinski definition) is 7. The molecule has 38 heavy (non-hydrogen) atoms. The summed E-state index contributed by atoms with van der Waals surface area (Å²) >= 11 is 6.89. The number of para-hydroxylation sites is 1. The Morgan fingerprint density at radius 3 is 2.63 bits per heavy atom. The van der Waals surface area contributed by atoms with Gasteiger partial charge < -0.3 is 14.2 Å². The van der Waals surface area contributed by atoms with Crippen LogP contribution < -0.4 is 14.2 Å². The van der Waals surface area contributed by atoms with Gasteiger partial charge in [-0.15, -0.1) is 0 Å². The Hall–Kier alpha value is -4.08. The van der Waals surface area contributed by atoms with Crippen molar-refractivity contribution in [2.75, 3.05) is 13.4 Å². The van der Waals surface area contributed by atoms with Crippen molar-refractivity contribution >= 4 is 40.3 Å². The maximum absolute atomic E-state index is 13.4. The van der Waals surface area contributed by atoms with Gasteiger partial charge in [0.25, 0.3) is 5.91 Å². The molecule has 0 aliphatic carbocycles. The second kappa shape index (κ2) is 10.4. The number of carbonyl (C=O) groups excluding carboxylic acids is 1. The van der Waals surface area contributed by atoms with E-state index in [1.54, 1.807) is 4.90 Å². The molecule has 0 spiro atoms. The minimum Gasteiger partial charge on any atom is -0.494 e. The van der Waals surface area contributed by atoms with Gasteiger partial charge in [0, 0.05) is 17.3 Å². The summed E-state index contributed by atoms with van der Waals surface area (Å²) in [6, 6.07) is 23.3. The number of hydrogen-bond donors (Lipinski definition) is 0. The van der Waals surface area contributed by atoms with Crippen LogP contribution in [0.5, 0.6) is 17.2 Å². The summed E-state index contributed by atoms with van der Waals surface area (Å²) in [5, 5.41) is 4.87. The topological polar surface area (TPSA) is 65.8 Å². The number of amides is 1. The standard InChI is InChI=1S/C29H23N3O4S2/c1-2-34-23-11-9-20(10-12-23)27-21(17-32(30-27)22-6-4-3-5-7-22)15-26-28(33)31(29(37)38-26)16-19-8-13-24-25(14-19)36-18-35-24/h3-15,17H,2,16,18H2,1H3/b26-15-. The molecule has 0 N–H and O–H groups in total. The minimum atomic E-state index is -0.136. The lowest BCUT2D eigenvalue weighted by Gasteiger charge is -2.14. The van der Waals surface area contributed by atoms with Gasteiger partial charge in [0.2, 0.25) is 6.79 Å². The molecule has 3 heterocycles. The van der Waals surface area contributed by atoms with Crippen molar-refractivity contribution in [3.63, 3.8) is 0 Å². The second-order valence-corrected chi connectivity index (χ2v) is 10.3. The molecule has 0 bridgehead atoms. The fourth-order valence-electron chi connectivity index (χ4n) is 4.31. The van der Waals surface area contributed by atoms with E-state index < -0.39 is 0 Å². The number of aromatic nitrogens is 2. The zero-order valence-electron chi connectivity index (χ0n) is 20.5. The van der Waals surface area contributed by atoms with Crippen LogP contribution in [0.2, 0.25) is 0 Å². The maximum atomic E-state index is 13.4. The number of rotatable bonds is 7. The van der Waals surface area contributed by atoms with Gasteiger partial charge in [-0.25, -0.2) is 4.68 Å². The summed E-state index contributed by atoms with van der Waals surface area (Å²) in [6.07, 6.45) is 3.81. The predicted molar refractivity (Wildman–Crippen MR) is 151 cm³/mol. The van der Waals surface area contributed by atoms with E-state index in [9.17, 15) is 4.79 Å². The van der Waals surface area contributed by atoms with Crippen molar-refractivity contribution in [1.82, 2.24) is 14.7 Å². The second-order valence-electron chi connectivity index (χ2n) is 8.63. The lowest BCUT2D eigenvalue weighted by atomic mass is 10.1. The number of benzene rings is 3. The van der Waals surface area contributed by atoms with Crippen LogP contribution in [0.25, 0.3) is 23.0 Å². The van der Waals surface area contributed by atoms with E-state index in [0.717, 1.165) is 33.8 Å². The van der Waals surface area contributed by atoms with Crippen LogP contribution in [0.3, 0.4) is 0 Å². The predicted octanol–water partition coefficient (Wildman–Crippen LogP) is 6.07. The largest absolute Gasteiger partial charge is 0.494 e. The quantitative estimate of drug-likeness (QED) is 0.208. The first-order chi connectivity index (χ1) is 18.6. The van der Waals surface area contributed by atoms with Gasteiger partial charge in [0.15, 0.2) is 11.5 Å². The third-order valence-corrected chi connectivity index (χ3v) is 7.52. The highest BCUT2D eigenvalue weighted by atomic mass is 32.2. The summed E-state index contributed by atoms with van der Waals surface area (Å²) in [5.74, 6) is 2.04. The summed E-state index contributed by atoms with van der Waals surface area (Å²) in [5.41, 5.74) is 4.35. The van der Waals surface area contributed by atoms with E-state index in [2.05, 4.69) is 0 Å². The fourth-order valence-corrected chi connectivity index (χ4v) is 5.55. The summed E-state index contributed by atoms with van der Waals surface area (Å²) < 4.78 is 18.8. The van der Waals surface area contributed by atoms with Crippen LogP contribution in [-0.4, -0.2) is 38.3 Å². The number of nitrogens with zero attached hydrogens (tertiary/aromatic N) is 3. The van der Waals surface area contributed by atoms with Crippen LogP contribution in [0.1, 0.15) is 18.1 Å². The Balaban J connectivity index is 1.32. The van der Waals surface area contributed by atoms with Gasteiger partial charge in [-0.1, -0.05) is 48.2 Å². The lowest BCUT2D eigenvalue weighted by Crippen LogP contribution is -2.27. The van der Waals surface area contributed by atoms with Gasteiger partial charge in [-0.05, 0) is 67.1 Å². The summed E-state index contributed by atoms with van der Waals surface area (Å²) in [7, 11) is 0. The average Bonchev–Trinajstić information content (AvgIpc) is 3.65. The van der Waals surface area contributed by atoms with E-state index in [0.29, 0.717) is 33.9 Å². The van der Waals surface area contributed by atoms with E-state index in [1.165, 1.54) is 11.8 Å². The van der Waals surface area contributed by atoms with Crippen LogP contribution in [-0.2, 0) is 11.3 Å². The highest BCUT2D eigenvalue weighted by molar-refractivity contribution is 8.26. The first-order valence-corrected chi connectivity index (χ1v) is 13.3.